The average molecular weight is 493 g/mol. The van der Waals surface area contributed by atoms with Gasteiger partial charge < -0.3 is 0 Å². The molecule has 0 aliphatic carbocycles. The Morgan fingerprint density at radius 3 is 1.56 bits per heavy atom. The van der Waals surface area contributed by atoms with Crippen molar-refractivity contribution in [3.8, 4) is 20.3 Å². The van der Waals surface area contributed by atoms with Gasteiger partial charge in [-0.25, -0.2) is 0 Å². The Balaban J connectivity index is 1.48. The van der Waals surface area contributed by atoms with Crippen molar-refractivity contribution < 1.29 is 0 Å². The van der Waals surface area contributed by atoms with E-state index < -0.39 is 0 Å². The van der Waals surface area contributed by atoms with Crippen molar-refractivity contribution in [2.24, 2.45) is 0 Å². The molecule has 0 aromatic carbocycles. The van der Waals surface area contributed by atoms with Gasteiger partial charge in [0.1, 0.15) is 0 Å². The molecule has 0 amide bonds. The predicted molar refractivity (Wildman–Crippen MR) is 121 cm³/mol. The minimum atomic E-state index is 0.512. The Labute approximate surface area is 177 Å². The van der Waals surface area contributed by atoms with Gasteiger partial charge in [0.05, 0.1) is 0 Å². The van der Waals surface area contributed by atoms with Gasteiger partial charge in [-0.05, 0) is 0 Å². The molecule has 0 fully saturated rings. The molecule has 0 saturated carbocycles. The summed E-state index contributed by atoms with van der Waals surface area (Å²) in [7, 11) is 0. The van der Waals surface area contributed by atoms with Gasteiger partial charge >= 0.3 is 158 Å². The molecule has 0 atom stereocenters. The molecule has 3 rings (SSSR count). The second kappa shape index (κ2) is 12.0. The van der Waals surface area contributed by atoms with E-state index >= 15 is 0 Å². The molecule has 3 heterocycles. The maximum atomic E-state index is 2.62. The predicted octanol–water partition coefficient (Wildman–Crippen LogP) is 6.86. The summed E-state index contributed by atoms with van der Waals surface area (Å²) in [6, 6.07) is 13.8. The van der Waals surface area contributed by atoms with E-state index in [-0.39, 0.29) is 0 Å². The quantitative estimate of drug-likeness (QED) is 0.181. The summed E-state index contributed by atoms with van der Waals surface area (Å²) in [4.78, 5) is 4.67. The Kier molecular flexibility index (Phi) is 9.31. The molecule has 1 nitrogen and oxygen atoms in total. The van der Waals surface area contributed by atoms with Crippen molar-refractivity contribution in [1.29, 1.82) is 0 Å². The van der Waals surface area contributed by atoms with Gasteiger partial charge in [0.2, 0.25) is 0 Å². The van der Waals surface area contributed by atoms with Crippen molar-refractivity contribution in [3.05, 3.63) is 46.3 Å². The minimum absolute atomic E-state index is 0.512. The molecule has 0 N–H and O–H groups in total. The molecule has 0 aliphatic rings. The second-order valence-electron chi connectivity index (χ2n) is 7.39. The fourth-order valence-electron chi connectivity index (χ4n) is 3.74. The van der Waals surface area contributed by atoms with Crippen LogP contribution in [0, 0.1) is 0 Å². The van der Waals surface area contributed by atoms with Gasteiger partial charge in [-0.3, -0.25) is 0 Å². The first-order valence-electron chi connectivity index (χ1n) is 10.7. The van der Waals surface area contributed by atoms with Crippen LogP contribution in [0.4, 0.5) is 0 Å². The molecule has 146 valence electrons. The van der Waals surface area contributed by atoms with Gasteiger partial charge in [0.25, 0.3) is 0 Å². The van der Waals surface area contributed by atoms with Crippen LogP contribution >= 0.6 is 0 Å². The summed E-state index contributed by atoms with van der Waals surface area (Å²) >= 11 is 1.02. The van der Waals surface area contributed by atoms with Crippen LogP contribution in [-0.4, -0.2) is 33.6 Å². The zero-order valence-electron chi connectivity index (χ0n) is 16.7. The first-order valence-corrected chi connectivity index (χ1v) is 14.4. The standard InChI is InChI=1S/C24H33NSe2/c1-2-3-4-5-6-7-8-9-10-11-18-25-21(23-14-12-19-26-23)16-17-22(25)24-15-13-20-27-24/h12-17,19-20H,2-11,18H2,1H3. The van der Waals surface area contributed by atoms with E-state index in [0.29, 0.717) is 29.0 Å². The van der Waals surface area contributed by atoms with Crippen LogP contribution in [0.2, 0.25) is 0 Å². The van der Waals surface area contributed by atoms with Crippen LogP contribution in [0.1, 0.15) is 71.1 Å². The summed E-state index contributed by atoms with van der Waals surface area (Å²) in [6.45, 7) is 3.47. The number of hydrogen-bond acceptors (Lipinski definition) is 0. The molecule has 0 spiro atoms. The van der Waals surface area contributed by atoms with Crippen LogP contribution in [0.15, 0.2) is 46.3 Å². The topological polar surface area (TPSA) is 4.93 Å². The van der Waals surface area contributed by atoms with Gasteiger partial charge in [-0.15, -0.1) is 0 Å². The molecule has 0 radical (unpaired) electrons. The van der Waals surface area contributed by atoms with Gasteiger partial charge in [0.15, 0.2) is 0 Å². The summed E-state index contributed by atoms with van der Waals surface area (Å²) < 4.78 is 5.70. The molecule has 3 heteroatoms. The average Bonchev–Trinajstić information content (AvgIpc) is 3.44. The third-order valence-corrected chi connectivity index (χ3v) is 9.01. The van der Waals surface area contributed by atoms with E-state index in [1.54, 1.807) is 8.87 Å². The molecule has 0 unspecified atom stereocenters. The van der Waals surface area contributed by atoms with E-state index in [2.05, 4.69) is 57.8 Å². The van der Waals surface area contributed by atoms with Gasteiger partial charge in [-0.2, -0.15) is 0 Å². The first kappa shape index (κ1) is 21.0. The Morgan fingerprint density at radius 2 is 1.11 bits per heavy atom. The van der Waals surface area contributed by atoms with Crippen molar-refractivity contribution in [2.45, 2.75) is 77.7 Å². The monoisotopic (exact) mass is 495 g/mol. The fourth-order valence-corrected chi connectivity index (χ4v) is 6.93. The molecule has 3 aromatic rings. The number of rotatable bonds is 13. The fraction of sp³-hybridized carbons (Fsp3) is 0.500. The third kappa shape index (κ3) is 6.40. The summed E-state index contributed by atoms with van der Waals surface area (Å²) in [5, 5.41) is 0. The van der Waals surface area contributed by atoms with E-state index in [1.807, 2.05) is 0 Å². The number of nitrogens with zero attached hydrogens (tertiary/aromatic N) is 1. The van der Waals surface area contributed by atoms with E-state index in [1.165, 1.54) is 82.1 Å². The summed E-state index contributed by atoms with van der Waals surface area (Å²) in [5.74, 6) is 0. The van der Waals surface area contributed by atoms with Crippen LogP contribution in [0.5, 0.6) is 0 Å². The number of hydrogen-bond donors (Lipinski definition) is 0. The molecule has 27 heavy (non-hydrogen) atoms. The zero-order chi connectivity index (χ0) is 18.7. The maximum absolute atomic E-state index is 2.62. The second-order valence-corrected chi connectivity index (χ2v) is 11.4. The molecular formula is C24H33NSe2. The molecule has 0 bridgehead atoms. The Morgan fingerprint density at radius 1 is 0.630 bits per heavy atom. The van der Waals surface area contributed by atoms with Gasteiger partial charge in [-0.1, -0.05) is 19.8 Å². The van der Waals surface area contributed by atoms with Gasteiger partial charge in [0, 0.05) is 0 Å². The van der Waals surface area contributed by atoms with Crippen LogP contribution < -0.4 is 0 Å². The van der Waals surface area contributed by atoms with Crippen LogP contribution in [0.25, 0.3) is 20.3 Å². The summed E-state index contributed by atoms with van der Waals surface area (Å²) in [6.07, 6.45) is 14.0. The molecule has 0 saturated heterocycles. The Bertz CT molecular complexity index is 686. The first-order chi connectivity index (χ1) is 13.4. The van der Waals surface area contributed by atoms with E-state index in [0.717, 1.165) is 0 Å². The van der Waals surface area contributed by atoms with E-state index in [9.17, 15) is 0 Å². The van der Waals surface area contributed by atoms with Crippen molar-refractivity contribution in [1.82, 2.24) is 4.57 Å². The number of unbranched alkanes of at least 4 members (excludes halogenated alkanes) is 9. The summed E-state index contributed by atoms with van der Waals surface area (Å²) in [5.41, 5.74) is 2.93. The SMILES string of the molecule is CCCCCCCCCCCCn1c(-c2ccc[se]2)ccc1-c1ccc[se]1. The molecular weight excluding hydrogens is 460 g/mol. The number of aromatic nitrogens is 1. The molecule has 0 aliphatic heterocycles. The normalized spacial score (nSPS) is 11.3. The molecule has 3 aromatic heterocycles. The third-order valence-electron chi connectivity index (χ3n) is 5.26. The van der Waals surface area contributed by atoms with Crippen LogP contribution in [0.3, 0.4) is 0 Å². The Hall–Kier alpha value is -0.721. The van der Waals surface area contributed by atoms with Crippen molar-refractivity contribution >= 4 is 29.0 Å². The zero-order valence-corrected chi connectivity index (χ0v) is 20.1. The van der Waals surface area contributed by atoms with Crippen molar-refractivity contribution in [2.75, 3.05) is 0 Å². The van der Waals surface area contributed by atoms with Crippen LogP contribution in [-0.2, 0) is 6.54 Å². The van der Waals surface area contributed by atoms with E-state index in [4.69, 9.17) is 0 Å². The van der Waals surface area contributed by atoms with Crippen molar-refractivity contribution in [3.63, 3.8) is 0 Å².